The molecular weight excluding hydrogens is 391 g/mol. The van der Waals surface area contributed by atoms with Crippen molar-refractivity contribution in [2.75, 3.05) is 16.4 Å². The van der Waals surface area contributed by atoms with E-state index in [1.807, 2.05) is 31.2 Å². The molecule has 0 aliphatic rings. The van der Waals surface area contributed by atoms with Crippen molar-refractivity contribution in [1.82, 2.24) is 0 Å². The van der Waals surface area contributed by atoms with Crippen LogP contribution in [0.5, 0.6) is 0 Å². The molecule has 0 saturated heterocycles. The third-order valence-electron chi connectivity index (χ3n) is 3.45. The fourth-order valence-electron chi connectivity index (χ4n) is 2.14. The van der Waals surface area contributed by atoms with Crippen LogP contribution in [0.3, 0.4) is 0 Å². The molecule has 0 aromatic heterocycles. The minimum Gasteiger partial charge on any atom is -0.326 e. The number of anilines is 2. The number of nitrogens with one attached hydrogen (secondary N) is 2. The molecule has 4 nitrogen and oxygen atoms in total. The molecule has 2 N–H and O–H groups in total. The Kier molecular flexibility index (Phi) is 8.29. The first-order chi connectivity index (χ1) is 12.5. The summed E-state index contributed by atoms with van der Waals surface area (Å²) >= 11 is 13.2. The zero-order valence-corrected chi connectivity index (χ0v) is 16.7. The van der Waals surface area contributed by atoms with Gasteiger partial charge in [-0.05, 0) is 42.8 Å². The second-order valence-electron chi connectivity index (χ2n) is 5.65. The van der Waals surface area contributed by atoms with Crippen LogP contribution in [0.25, 0.3) is 0 Å². The quantitative estimate of drug-likeness (QED) is 0.536. The maximum atomic E-state index is 12.1. The van der Waals surface area contributed by atoms with Crippen LogP contribution >= 0.6 is 35.0 Å². The molecule has 138 valence electrons. The van der Waals surface area contributed by atoms with E-state index in [-0.39, 0.29) is 17.6 Å². The van der Waals surface area contributed by atoms with Crippen molar-refractivity contribution in [1.29, 1.82) is 0 Å². The number of hydrogen-bond donors (Lipinski definition) is 2. The highest BCUT2D eigenvalue weighted by molar-refractivity contribution is 8.00. The molecular formula is C19H20Cl2N2O2S. The Morgan fingerprint density at radius 1 is 0.962 bits per heavy atom. The second kappa shape index (κ2) is 10.5. The molecule has 0 aliphatic carbocycles. The van der Waals surface area contributed by atoms with Crippen LogP contribution in [0, 0.1) is 0 Å². The smallest absolute Gasteiger partial charge is 0.234 e. The molecule has 2 aromatic carbocycles. The molecule has 0 aliphatic heterocycles. The van der Waals surface area contributed by atoms with E-state index in [1.165, 1.54) is 11.8 Å². The van der Waals surface area contributed by atoms with Crippen molar-refractivity contribution in [3.05, 3.63) is 52.5 Å². The number of thioether (sulfide) groups is 1. The van der Waals surface area contributed by atoms with Gasteiger partial charge in [-0.3, -0.25) is 9.59 Å². The molecule has 0 radical (unpaired) electrons. The molecule has 0 saturated carbocycles. The monoisotopic (exact) mass is 410 g/mol. The first-order valence-corrected chi connectivity index (χ1v) is 9.99. The van der Waals surface area contributed by atoms with Gasteiger partial charge in [0.25, 0.3) is 0 Å². The van der Waals surface area contributed by atoms with Crippen molar-refractivity contribution in [3.8, 4) is 0 Å². The van der Waals surface area contributed by atoms with Gasteiger partial charge in [0.15, 0.2) is 0 Å². The third-order valence-corrected chi connectivity index (χ3v) is 5.18. The van der Waals surface area contributed by atoms with Crippen molar-refractivity contribution in [3.63, 3.8) is 0 Å². The topological polar surface area (TPSA) is 58.2 Å². The number of carbonyl (C=O) groups is 2. The van der Waals surface area contributed by atoms with E-state index in [0.717, 1.165) is 23.4 Å². The van der Waals surface area contributed by atoms with Gasteiger partial charge < -0.3 is 10.6 Å². The molecule has 0 heterocycles. The molecule has 2 rings (SSSR count). The van der Waals surface area contributed by atoms with E-state index in [0.29, 0.717) is 22.2 Å². The predicted octanol–water partition coefficient (Wildman–Crippen LogP) is 5.85. The van der Waals surface area contributed by atoms with Gasteiger partial charge in [-0.15, -0.1) is 11.8 Å². The number of benzene rings is 2. The SMILES string of the molecule is CCCCC(=O)Nc1cccc(SCC(=O)Nc2ccc(Cl)c(Cl)c2)c1. The molecule has 0 bridgehead atoms. The second-order valence-corrected chi connectivity index (χ2v) is 7.51. The minimum atomic E-state index is -0.147. The molecule has 0 fully saturated rings. The Balaban J connectivity index is 1.86. The van der Waals surface area contributed by atoms with Crippen LogP contribution in [0.2, 0.25) is 10.0 Å². The molecule has 26 heavy (non-hydrogen) atoms. The van der Waals surface area contributed by atoms with Gasteiger partial charge >= 0.3 is 0 Å². The van der Waals surface area contributed by atoms with E-state index in [9.17, 15) is 9.59 Å². The van der Waals surface area contributed by atoms with E-state index < -0.39 is 0 Å². The summed E-state index contributed by atoms with van der Waals surface area (Å²) in [6, 6.07) is 12.4. The Morgan fingerprint density at radius 2 is 1.69 bits per heavy atom. The first-order valence-electron chi connectivity index (χ1n) is 8.25. The summed E-state index contributed by atoms with van der Waals surface area (Å²) in [5.74, 6) is 0.102. The van der Waals surface area contributed by atoms with E-state index >= 15 is 0 Å². The average molecular weight is 411 g/mol. The van der Waals surface area contributed by atoms with Crippen LogP contribution in [-0.2, 0) is 9.59 Å². The van der Waals surface area contributed by atoms with Crippen molar-refractivity contribution >= 4 is 58.2 Å². The zero-order valence-electron chi connectivity index (χ0n) is 14.4. The van der Waals surface area contributed by atoms with Crippen molar-refractivity contribution in [2.24, 2.45) is 0 Å². The summed E-state index contributed by atoms with van der Waals surface area (Å²) < 4.78 is 0. The van der Waals surface area contributed by atoms with Crippen LogP contribution < -0.4 is 10.6 Å². The van der Waals surface area contributed by atoms with Gasteiger partial charge in [0, 0.05) is 22.7 Å². The largest absolute Gasteiger partial charge is 0.326 e. The Bertz CT molecular complexity index is 784. The summed E-state index contributed by atoms with van der Waals surface area (Å²) in [5.41, 5.74) is 1.34. The van der Waals surface area contributed by atoms with Crippen LogP contribution in [0.15, 0.2) is 47.4 Å². The van der Waals surface area contributed by atoms with Crippen LogP contribution in [0.4, 0.5) is 11.4 Å². The van der Waals surface area contributed by atoms with Gasteiger partial charge in [-0.25, -0.2) is 0 Å². The number of halogens is 2. The molecule has 0 spiro atoms. The third kappa shape index (κ3) is 6.90. The highest BCUT2D eigenvalue weighted by Crippen LogP contribution is 2.26. The average Bonchev–Trinajstić information content (AvgIpc) is 2.62. The maximum absolute atomic E-state index is 12.1. The Morgan fingerprint density at radius 3 is 2.42 bits per heavy atom. The number of hydrogen-bond acceptors (Lipinski definition) is 3. The summed E-state index contributed by atoms with van der Waals surface area (Å²) in [4.78, 5) is 24.8. The van der Waals surface area contributed by atoms with Crippen LogP contribution in [-0.4, -0.2) is 17.6 Å². The number of unbranched alkanes of at least 4 members (excludes halogenated alkanes) is 1. The minimum absolute atomic E-state index is 0.00589. The normalized spacial score (nSPS) is 10.4. The molecule has 7 heteroatoms. The van der Waals surface area contributed by atoms with Gasteiger partial charge in [0.05, 0.1) is 15.8 Å². The Labute approximate surface area is 167 Å². The molecule has 2 aromatic rings. The number of rotatable bonds is 8. The van der Waals surface area contributed by atoms with Gasteiger partial charge in [-0.1, -0.05) is 42.6 Å². The first kappa shape index (κ1) is 20.6. The number of carbonyl (C=O) groups excluding carboxylic acids is 2. The molecule has 2 amide bonds. The molecule has 0 atom stereocenters. The summed E-state index contributed by atoms with van der Waals surface area (Å²) in [6.07, 6.45) is 2.37. The highest BCUT2D eigenvalue weighted by Gasteiger charge is 2.07. The summed E-state index contributed by atoms with van der Waals surface area (Å²) in [5, 5.41) is 6.49. The summed E-state index contributed by atoms with van der Waals surface area (Å²) in [6.45, 7) is 2.05. The van der Waals surface area contributed by atoms with Crippen molar-refractivity contribution in [2.45, 2.75) is 31.1 Å². The van der Waals surface area contributed by atoms with E-state index in [2.05, 4.69) is 10.6 Å². The van der Waals surface area contributed by atoms with E-state index in [4.69, 9.17) is 23.2 Å². The van der Waals surface area contributed by atoms with Crippen LogP contribution in [0.1, 0.15) is 26.2 Å². The Hall–Kier alpha value is -1.69. The lowest BCUT2D eigenvalue weighted by Gasteiger charge is -2.08. The van der Waals surface area contributed by atoms with E-state index in [1.54, 1.807) is 18.2 Å². The van der Waals surface area contributed by atoms with Gasteiger partial charge in [-0.2, -0.15) is 0 Å². The number of amides is 2. The van der Waals surface area contributed by atoms with Crippen molar-refractivity contribution < 1.29 is 9.59 Å². The fourth-order valence-corrected chi connectivity index (χ4v) is 3.20. The summed E-state index contributed by atoms with van der Waals surface area (Å²) in [7, 11) is 0. The lowest BCUT2D eigenvalue weighted by atomic mass is 10.2. The maximum Gasteiger partial charge on any atom is 0.234 e. The lowest BCUT2D eigenvalue weighted by molar-refractivity contribution is -0.116. The zero-order chi connectivity index (χ0) is 18.9. The highest BCUT2D eigenvalue weighted by atomic mass is 35.5. The fraction of sp³-hybridized carbons (Fsp3) is 0.263. The standard InChI is InChI=1S/C19H20Cl2N2O2S/c1-2-3-7-18(24)22-13-5-4-6-15(10-13)26-12-19(25)23-14-8-9-16(20)17(21)11-14/h4-6,8-11H,2-3,7,12H2,1H3,(H,22,24)(H,23,25). The predicted molar refractivity (Wildman–Crippen MR) is 110 cm³/mol. The van der Waals surface area contributed by atoms with Gasteiger partial charge in [0.1, 0.15) is 0 Å². The van der Waals surface area contributed by atoms with Gasteiger partial charge in [0.2, 0.25) is 11.8 Å². The molecule has 0 unspecified atom stereocenters. The lowest BCUT2D eigenvalue weighted by Crippen LogP contribution is -2.14.